The highest BCUT2D eigenvalue weighted by Crippen LogP contribution is 2.24. The molecule has 0 aliphatic rings. The van der Waals surface area contributed by atoms with Gasteiger partial charge in [-0.2, -0.15) is 0 Å². The van der Waals surface area contributed by atoms with Crippen LogP contribution in [0.25, 0.3) is 0 Å². The molecule has 0 fully saturated rings. The Morgan fingerprint density at radius 3 is 2.90 bits per heavy atom. The van der Waals surface area contributed by atoms with Gasteiger partial charge in [-0.25, -0.2) is 0 Å². The van der Waals surface area contributed by atoms with Crippen molar-refractivity contribution in [1.82, 2.24) is 10.5 Å². The van der Waals surface area contributed by atoms with Crippen LogP contribution in [0.2, 0.25) is 0 Å². The second kappa shape index (κ2) is 7.07. The van der Waals surface area contributed by atoms with Crippen LogP contribution in [0.5, 0.6) is 5.75 Å². The first-order valence-electron chi connectivity index (χ1n) is 6.54. The molecule has 5 heteroatoms. The fourth-order valence-corrected chi connectivity index (χ4v) is 2.03. The Labute approximate surface area is 118 Å². The number of hydrogen-bond donors (Lipinski definition) is 1. The van der Waals surface area contributed by atoms with E-state index < -0.39 is 0 Å². The molecule has 0 unspecified atom stereocenters. The first-order chi connectivity index (χ1) is 9.74. The van der Waals surface area contributed by atoms with E-state index in [0.29, 0.717) is 19.0 Å². The molecule has 2 aromatic rings. The third-order valence-electron chi connectivity index (χ3n) is 2.92. The van der Waals surface area contributed by atoms with Gasteiger partial charge in [0.15, 0.2) is 5.76 Å². The quantitative estimate of drug-likeness (QED) is 0.841. The first-order valence-corrected chi connectivity index (χ1v) is 6.54. The van der Waals surface area contributed by atoms with E-state index in [9.17, 15) is 0 Å². The Morgan fingerprint density at radius 2 is 2.15 bits per heavy atom. The fourth-order valence-electron chi connectivity index (χ4n) is 2.03. The summed E-state index contributed by atoms with van der Waals surface area (Å²) in [6, 6.07) is 7.97. The Morgan fingerprint density at radius 1 is 1.30 bits per heavy atom. The molecule has 1 N–H and O–H groups in total. The van der Waals surface area contributed by atoms with E-state index in [0.717, 1.165) is 29.1 Å². The summed E-state index contributed by atoms with van der Waals surface area (Å²) >= 11 is 0. The van der Waals surface area contributed by atoms with Crippen LogP contribution < -0.4 is 10.1 Å². The Bertz CT molecular complexity index is 552. The van der Waals surface area contributed by atoms with Crippen molar-refractivity contribution in [3.63, 3.8) is 0 Å². The molecule has 1 heterocycles. The number of aromatic nitrogens is 1. The number of ether oxygens (including phenoxy) is 2. The summed E-state index contributed by atoms with van der Waals surface area (Å²) in [5.74, 6) is 1.60. The van der Waals surface area contributed by atoms with Crippen molar-refractivity contribution in [3.8, 4) is 5.75 Å². The monoisotopic (exact) mass is 276 g/mol. The lowest BCUT2D eigenvalue weighted by molar-refractivity contribution is 0.155. The predicted octanol–water partition coefficient (Wildman–Crippen LogP) is 2.43. The van der Waals surface area contributed by atoms with Gasteiger partial charge in [-0.3, -0.25) is 0 Å². The van der Waals surface area contributed by atoms with Crippen molar-refractivity contribution in [2.24, 2.45) is 0 Å². The summed E-state index contributed by atoms with van der Waals surface area (Å²) in [7, 11) is 3.54. The molecule has 0 aliphatic carbocycles. The number of benzene rings is 1. The second-order valence-electron chi connectivity index (χ2n) is 4.60. The van der Waals surface area contributed by atoms with E-state index in [1.807, 2.05) is 32.2 Å². The highest BCUT2D eigenvalue weighted by molar-refractivity contribution is 5.40. The molecule has 0 spiro atoms. The van der Waals surface area contributed by atoms with Crippen LogP contribution in [0, 0.1) is 6.92 Å². The van der Waals surface area contributed by atoms with E-state index >= 15 is 0 Å². The van der Waals surface area contributed by atoms with Crippen molar-refractivity contribution in [2.75, 3.05) is 14.2 Å². The maximum absolute atomic E-state index is 5.89. The SMILES string of the molecule is CNCc1cccc(C)c1OCc1cc(COC)on1. The van der Waals surface area contributed by atoms with Gasteiger partial charge in [-0.1, -0.05) is 23.4 Å². The van der Waals surface area contributed by atoms with Gasteiger partial charge in [-0.05, 0) is 19.5 Å². The molecule has 0 saturated heterocycles. The molecule has 108 valence electrons. The number of para-hydroxylation sites is 1. The van der Waals surface area contributed by atoms with Gasteiger partial charge in [0.2, 0.25) is 0 Å². The summed E-state index contributed by atoms with van der Waals surface area (Å²) in [4.78, 5) is 0. The van der Waals surface area contributed by atoms with Crippen molar-refractivity contribution < 1.29 is 14.0 Å². The lowest BCUT2D eigenvalue weighted by Crippen LogP contribution is -2.08. The van der Waals surface area contributed by atoms with Crippen molar-refractivity contribution >= 4 is 0 Å². The van der Waals surface area contributed by atoms with Crippen LogP contribution in [-0.4, -0.2) is 19.3 Å². The predicted molar refractivity (Wildman–Crippen MR) is 75.5 cm³/mol. The molecule has 20 heavy (non-hydrogen) atoms. The summed E-state index contributed by atoms with van der Waals surface area (Å²) in [6.07, 6.45) is 0. The second-order valence-corrected chi connectivity index (χ2v) is 4.60. The number of nitrogens with zero attached hydrogens (tertiary/aromatic N) is 1. The number of aryl methyl sites for hydroxylation is 1. The molecule has 0 saturated carbocycles. The molecule has 0 bridgehead atoms. The number of rotatable bonds is 7. The van der Waals surface area contributed by atoms with Crippen molar-refractivity contribution in [3.05, 3.63) is 46.8 Å². The normalized spacial score (nSPS) is 10.8. The zero-order chi connectivity index (χ0) is 14.4. The number of hydrogen-bond acceptors (Lipinski definition) is 5. The molecule has 0 aliphatic heterocycles. The number of nitrogens with one attached hydrogen (secondary N) is 1. The summed E-state index contributed by atoms with van der Waals surface area (Å²) in [5.41, 5.74) is 3.00. The van der Waals surface area contributed by atoms with Gasteiger partial charge in [-0.15, -0.1) is 0 Å². The lowest BCUT2D eigenvalue weighted by Gasteiger charge is -2.12. The average Bonchev–Trinajstić information content (AvgIpc) is 2.87. The molecule has 0 atom stereocenters. The third kappa shape index (κ3) is 3.59. The standard InChI is InChI=1S/C15H20N2O3/c1-11-5-4-6-12(8-16-2)15(11)19-9-13-7-14(10-18-3)20-17-13/h4-7,16H,8-10H2,1-3H3. The minimum absolute atomic E-state index is 0.384. The average molecular weight is 276 g/mol. The van der Waals surface area contributed by atoms with Crippen LogP contribution in [0.1, 0.15) is 22.6 Å². The minimum atomic E-state index is 0.384. The summed E-state index contributed by atoms with van der Waals surface area (Å²) < 4.78 is 16.0. The highest BCUT2D eigenvalue weighted by atomic mass is 16.5. The lowest BCUT2D eigenvalue weighted by atomic mass is 10.1. The van der Waals surface area contributed by atoms with Crippen LogP contribution in [0.3, 0.4) is 0 Å². The van der Waals surface area contributed by atoms with Crippen molar-refractivity contribution in [2.45, 2.75) is 26.7 Å². The van der Waals surface area contributed by atoms with Gasteiger partial charge < -0.3 is 19.3 Å². The maximum atomic E-state index is 5.89. The van der Waals surface area contributed by atoms with Gasteiger partial charge in [0.05, 0.1) is 0 Å². The molecule has 0 radical (unpaired) electrons. The number of methoxy groups -OCH3 is 1. The molecule has 5 nitrogen and oxygen atoms in total. The smallest absolute Gasteiger partial charge is 0.162 e. The van der Waals surface area contributed by atoms with E-state index in [-0.39, 0.29) is 0 Å². The highest BCUT2D eigenvalue weighted by Gasteiger charge is 2.09. The van der Waals surface area contributed by atoms with E-state index in [2.05, 4.69) is 16.5 Å². The molecular weight excluding hydrogens is 256 g/mol. The van der Waals surface area contributed by atoms with Gasteiger partial charge >= 0.3 is 0 Å². The summed E-state index contributed by atoms with van der Waals surface area (Å²) in [6.45, 7) is 3.61. The van der Waals surface area contributed by atoms with Crippen LogP contribution in [-0.2, 0) is 24.5 Å². The zero-order valence-corrected chi connectivity index (χ0v) is 12.1. The van der Waals surface area contributed by atoms with Crippen LogP contribution >= 0.6 is 0 Å². The van der Waals surface area contributed by atoms with Crippen LogP contribution in [0.4, 0.5) is 0 Å². The summed E-state index contributed by atoms with van der Waals surface area (Å²) in [5, 5.41) is 7.10. The minimum Gasteiger partial charge on any atom is -0.487 e. The van der Waals surface area contributed by atoms with Gasteiger partial charge in [0.1, 0.15) is 24.7 Å². The molecule has 1 aromatic carbocycles. The molecule has 0 amide bonds. The largest absolute Gasteiger partial charge is 0.487 e. The third-order valence-corrected chi connectivity index (χ3v) is 2.92. The Kier molecular flexibility index (Phi) is 5.15. The van der Waals surface area contributed by atoms with Crippen LogP contribution in [0.15, 0.2) is 28.8 Å². The maximum Gasteiger partial charge on any atom is 0.162 e. The van der Waals surface area contributed by atoms with Gasteiger partial charge in [0, 0.05) is 25.3 Å². The van der Waals surface area contributed by atoms with E-state index in [4.69, 9.17) is 14.0 Å². The fraction of sp³-hybridized carbons (Fsp3) is 0.400. The molecular formula is C15H20N2O3. The topological polar surface area (TPSA) is 56.5 Å². The zero-order valence-electron chi connectivity index (χ0n) is 12.1. The molecule has 1 aromatic heterocycles. The van der Waals surface area contributed by atoms with Gasteiger partial charge in [0.25, 0.3) is 0 Å². The Balaban J connectivity index is 2.05. The van der Waals surface area contributed by atoms with E-state index in [1.54, 1.807) is 7.11 Å². The Hall–Kier alpha value is -1.85. The molecule has 2 rings (SSSR count). The van der Waals surface area contributed by atoms with E-state index in [1.165, 1.54) is 0 Å². The van der Waals surface area contributed by atoms with Crippen molar-refractivity contribution in [1.29, 1.82) is 0 Å². The first kappa shape index (κ1) is 14.6.